The van der Waals surface area contributed by atoms with E-state index in [1.807, 2.05) is 12.1 Å². The molecule has 0 fully saturated rings. The summed E-state index contributed by atoms with van der Waals surface area (Å²) in [5.41, 5.74) is 9.93. The van der Waals surface area contributed by atoms with Crippen LogP contribution in [0, 0.1) is 5.82 Å². The lowest BCUT2D eigenvalue weighted by Crippen LogP contribution is -1.99. The van der Waals surface area contributed by atoms with Gasteiger partial charge in [-0.2, -0.15) is 0 Å². The van der Waals surface area contributed by atoms with Crippen LogP contribution in [0.15, 0.2) is 46.9 Å². The largest absolute Gasteiger partial charge is 0.354 e. The normalized spacial score (nSPS) is 11.2. The third kappa shape index (κ3) is 3.08. The van der Waals surface area contributed by atoms with Gasteiger partial charge in [-0.3, -0.25) is 0 Å². The molecule has 0 unspecified atom stereocenters. The number of aromatic amines is 1. The highest BCUT2D eigenvalue weighted by Gasteiger charge is 2.13. The van der Waals surface area contributed by atoms with E-state index < -0.39 is 0 Å². The average molecular weight is 361 g/mol. The van der Waals surface area contributed by atoms with Crippen molar-refractivity contribution in [1.82, 2.24) is 4.98 Å². The number of aryl methyl sites for hydroxylation is 1. The van der Waals surface area contributed by atoms with E-state index in [-0.39, 0.29) is 5.82 Å². The molecule has 3 rings (SSSR count). The molecule has 0 spiro atoms. The molecule has 0 aliphatic carbocycles. The van der Waals surface area contributed by atoms with Crippen molar-refractivity contribution in [3.63, 3.8) is 0 Å². The first-order chi connectivity index (χ1) is 10.7. The number of benzene rings is 2. The molecule has 0 bridgehead atoms. The molecule has 0 aliphatic rings. The predicted molar refractivity (Wildman–Crippen MR) is 93.4 cm³/mol. The maximum Gasteiger partial charge on any atom is 0.123 e. The van der Waals surface area contributed by atoms with Gasteiger partial charge in [0.25, 0.3) is 0 Å². The Morgan fingerprint density at radius 2 is 1.82 bits per heavy atom. The van der Waals surface area contributed by atoms with Gasteiger partial charge in [-0.25, -0.2) is 4.39 Å². The lowest BCUT2D eigenvalue weighted by molar-refractivity contribution is 0.629. The van der Waals surface area contributed by atoms with Gasteiger partial charge in [0.2, 0.25) is 0 Å². The number of H-pyrrole nitrogens is 1. The van der Waals surface area contributed by atoms with Crippen molar-refractivity contribution in [2.24, 2.45) is 5.73 Å². The first kappa shape index (κ1) is 15.3. The highest BCUT2D eigenvalue weighted by atomic mass is 79.9. The molecular formula is C18H18BrFN2. The Morgan fingerprint density at radius 3 is 2.55 bits per heavy atom. The summed E-state index contributed by atoms with van der Waals surface area (Å²) in [5.74, 6) is -0.200. The van der Waals surface area contributed by atoms with Crippen molar-refractivity contribution >= 4 is 26.8 Å². The Morgan fingerprint density at radius 1 is 1.05 bits per heavy atom. The van der Waals surface area contributed by atoms with E-state index >= 15 is 0 Å². The van der Waals surface area contributed by atoms with Crippen LogP contribution < -0.4 is 5.73 Å². The van der Waals surface area contributed by atoms with E-state index in [1.165, 1.54) is 11.6 Å². The zero-order valence-electron chi connectivity index (χ0n) is 12.2. The summed E-state index contributed by atoms with van der Waals surface area (Å²) in [6.07, 6.45) is 2.87. The van der Waals surface area contributed by atoms with Crippen LogP contribution in [0.4, 0.5) is 4.39 Å². The van der Waals surface area contributed by atoms with Gasteiger partial charge in [-0.05, 0) is 67.3 Å². The Hall–Kier alpha value is -1.65. The zero-order valence-corrected chi connectivity index (χ0v) is 13.8. The zero-order chi connectivity index (χ0) is 15.5. The summed E-state index contributed by atoms with van der Waals surface area (Å²) in [7, 11) is 0. The lowest BCUT2D eigenvalue weighted by Gasteiger charge is -2.05. The van der Waals surface area contributed by atoms with E-state index in [4.69, 9.17) is 5.73 Å². The van der Waals surface area contributed by atoms with Crippen LogP contribution in [-0.2, 0) is 6.42 Å². The van der Waals surface area contributed by atoms with Crippen LogP contribution in [0.1, 0.15) is 18.4 Å². The molecule has 114 valence electrons. The minimum Gasteiger partial charge on any atom is -0.354 e. The minimum atomic E-state index is -0.200. The fraction of sp³-hybridized carbons (Fsp3) is 0.222. The smallest absolute Gasteiger partial charge is 0.123 e. The maximum absolute atomic E-state index is 13.6. The molecule has 1 heterocycles. The summed E-state index contributed by atoms with van der Waals surface area (Å²) in [6, 6.07) is 13.1. The van der Waals surface area contributed by atoms with E-state index in [9.17, 15) is 4.39 Å². The molecular weight excluding hydrogens is 343 g/mol. The molecule has 4 heteroatoms. The summed E-state index contributed by atoms with van der Waals surface area (Å²) in [6.45, 7) is 0.685. The summed E-state index contributed by atoms with van der Waals surface area (Å²) < 4.78 is 14.7. The third-order valence-corrected chi connectivity index (χ3v) is 4.41. The van der Waals surface area contributed by atoms with Crippen LogP contribution in [0.2, 0.25) is 0 Å². The Bertz CT molecular complexity index is 778. The Labute approximate surface area is 137 Å². The van der Waals surface area contributed by atoms with Crippen molar-refractivity contribution in [2.45, 2.75) is 19.3 Å². The fourth-order valence-electron chi connectivity index (χ4n) is 2.79. The lowest BCUT2D eigenvalue weighted by atomic mass is 10.0. The molecule has 3 N–H and O–H groups in total. The number of hydrogen-bond acceptors (Lipinski definition) is 1. The minimum absolute atomic E-state index is 0.200. The van der Waals surface area contributed by atoms with Gasteiger partial charge in [-0.1, -0.05) is 28.1 Å². The van der Waals surface area contributed by atoms with Crippen LogP contribution in [0.5, 0.6) is 0 Å². The van der Waals surface area contributed by atoms with Crippen molar-refractivity contribution in [1.29, 1.82) is 0 Å². The SMILES string of the molecule is NCCCCc1c(-c2ccc(Br)cc2)[nH]c2ccc(F)cc12. The second kappa shape index (κ2) is 6.63. The van der Waals surface area contributed by atoms with Crippen molar-refractivity contribution in [2.75, 3.05) is 6.54 Å². The molecule has 0 radical (unpaired) electrons. The molecule has 2 aromatic carbocycles. The summed E-state index contributed by atoms with van der Waals surface area (Å²) >= 11 is 3.46. The van der Waals surface area contributed by atoms with Gasteiger partial charge >= 0.3 is 0 Å². The quantitative estimate of drug-likeness (QED) is 0.616. The second-order valence-corrected chi connectivity index (χ2v) is 6.34. The molecule has 2 nitrogen and oxygen atoms in total. The maximum atomic E-state index is 13.6. The Kier molecular flexibility index (Phi) is 4.60. The van der Waals surface area contributed by atoms with Gasteiger partial charge in [0.1, 0.15) is 5.82 Å². The number of rotatable bonds is 5. The molecule has 22 heavy (non-hydrogen) atoms. The van der Waals surface area contributed by atoms with Crippen LogP contribution in [0.25, 0.3) is 22.2 Å². The first-order valence-corrected chi connectivity index (χ1v) is 8.24. The van der Waals surface area contributed by atoms with Crippen molar-refractivity contribution < 1.29 is 4.39 Å². The molecule has 0 aliphatic heterocycles. The van der Waals surface area contributed by atoms with E-state index in [2.05, 4.69) is 33.0 Å². The van der Waals surface area contributed by atoms with Crippen LogP contribution >= 0.6 is 15.9 Å². The molecule has 1 aromatic heterocycles. The number of fused-ring (bicyclic) bond motifs is 1. The van der Waals surface area contributed by atoms with Gasteiger partial charge < -0.3 is 10.7 Å². The fourth-order valence-corrected chi connectivity index (χ4v) is 3.05. The van der Waals surface area contributed by atoms with Gasteiger partial charge in [-0.15, -0.1) is 0 Å². The molecule has 0 amide bonds. The monoisotopic (exact) mass is 360 g/mol. The number of nitrogens with one attached hydrogen (secondary N) is 1. The highest BCUT2D eigenvalue weighted by molar-refractivity contribution is 9.10. The third-order valence-electron chi connectivity index (χ3n) is 3.88. The number of aromatic nitrogens is 1. The number of unbranched alkanes of at least 4 members (excludes halogenated alkanes) is 1. The average Bonchev–Trinajstić information content (AvgIpc) is 2.86. The molecule has 3 aromatic rings. The van der Waals surface area contributed by atoms with Gasteiger partial charge in [0, 0.05) is 21.1 Å². The van der Waals surface area contributed by atoms with E-state index in [0.717, 1.165) is 45.9 Å². The highest BCUT2D eigenvalue weighted by Crippen LogP contribution is 2.32. The van der Waals surface area contributed by atoms with Gasteiger partial charge in [0.05, 0.1) is 0 Å². The topological polar surface area (TPSA) is 41.8 Å². The predicted octanol–water partition coefficient (Wildman–Crippen LogP) is 5.02. The number of halogens is 2. The molecule has 0 saturated heterocycles. The molecule has 0 atom stereocenters. The number of nitrogens with two attached hydrogens (primary N) is 1. The first-order valence-electron chi connectivity index (χ1n) is 7.45. The second-order valence-electron chi connectivity index (χ2n) is 5.42. The van der Waals surface area contributed by atoms with Crippen molar-refractivity contribution in [3.05, 3.63) is 58.3 Å². The van der Waals surface area contributed by atoms with Crippen LogP contribution in [0.3, 0.4) is 0 Å². The Balaban J connectivity index is 2.10. The van der Waals surface area contributed by atoms with Crippen LogP contribution in [-0.4, -0.2) is 11.5 Å². The van der Waals surface area contributed by atoms with E-state index in [1.54, 1.807) is 12.1 Å². The summed E-state index contributed by atoms with van der Waals surface area (Å²) in [5, 5.41) is 0.968. The van der Waals surface area contributed by atoms with Gasteiger partial charge in [0.15, 0.2) is 0 Å². The number of hydrogen-bond donors (Lipinski definition) is 2. The standard InChI is InChI=1S/C18H18BrFN2/c19-13-6-4-12(5-7-13)18-15(3-1-2-10-21)16-11-14(20)8-9-17(16)22-18/h4-9,11,22H,1-3,10,21H2. The molecule has 0 saturated carbocycles. The summed E-state index contributed by atoms with van der Waals surface area (Å²) in [4.78, 5) is 3.44. The van der Waals surface area contributed by atoms with E-state index in [0.29, 0.717) is 6.54 Å². The van der Waals surface area contributed by atoms with Crippen molar-refractivity contribution in [3.8, 4) is 11.3 Å².